The highest BCUT2D eigenvalue weighted by Crippen LogP contribution is 2.26. The topological polar surface area (TPSA) is 49.2 Å². The number of anilines is 1. The maximum atomic E-state index is 9.99. The molecule has 0 spiro atoms. The molecule has 0 aromatic carbocycles. The molecule has 0 radical (unpaired) electrons. The smallest absolute Gasteiger partial charge is 0.225 e. The third-order valence-electron chi connectivity index (χ3n) is 2.65. The van der Waals surface area contributed by atoms with Crippen molar-refractivity contribution in [2.45, 2.75) is 25.4 Å². The van der Waals surface area contributed by atoms with Gasteiger partial charge < -0.3 is 10.0 Å². The van der Waals surface area contributed by atoms with Crippen molar-refractivity contribution in [1.29, 1.82) is 0 Å². The van der Waals surface area contributed by atoms with Crippen LogP contribution in [0.5, 0.6) is 0 Å². The predicted octanol–water partition coefficient (Wildman–Crippen LogP) is 2.13. The highest BCUT2D eigenvalue weighted by Gasteiger charge is 2.29. The van der Waals surface area contributed by atoms with Crippen LogP contribution in [0.4, 0.5) is 5.82 Å². The van der Waals surface area contributed by atoms with E-state index >= 15 is 0 Å². The molecule has 0 bridgehead atoms. The fraction of sp³-hybridized carbons (Fsp3) is 0.600. The lowest BCUT2D eigenvalue weighted by atomic mass is 9.95. The van der Waals surface area contributed by atoms with Gasteiger partial charge >= 0.3 is 0 Å². The molecule has 16 heavy (non-hydrogen) atoms. The number of β-amino-alcohol motifs (C(OH)–C–C–N with tert-alkyl or cyclic N) is 1. The van der Waals surface area contributed by atoms with Gasteiger partial charge in [0.15, 0.2) is 0 Å². The van der Waals surface area contributed by atoms with Gasteiger partial charge in [-0.2, -0.15) is 0 Å². The average Bonchev–Trinajstić information content (AvgIpc) is 2.14. The normalized spacial score (nSPS) is 25.9. The number of nitrogens with zero attached hydrogens (tertiary/aromatic N) is 3. The molecule has 4 nitrogen and oxygen atoms in total. The zero-order valence-corrected chi connectivity index (χ0v) is 10.5. The lowest BCUT2D eigenvalue weighted by Crippen LogP contribution is -2.46. The summed E-state index contributed by atoms with van der Waals surface area (Å²) in [5.41, 5.74) is -0.678. The second-order valence-corrected chi connectivity index (χ2v) is 5.07. The van der Waals surface area contributed by atoms with Crippen LogP contribution in [0, 0.1) is 0 Å². The summed E-state index contributed by atoms with van der Waals surface area (Å²) in [7, 11) is 0. The van der Waals surface area contributed by atoms with E-state index in [1.807, 2.05) is 11.8 Å². The van der Waals surface area contributed by atoms with Gasteiger partial charge in [0.2, 0.25) is 5.28 Å². The number of hydrogen-bond acceptors (Lipinski definition) is 4. The minimum Gasteiger partial charge on any atom is -0.388 e. The van der Waals surface area contributed by atoms with Crippen molar-refractivity contribution in [3.63, 3.8) is 0 Å². The Hall–Kier alpha value is -0.580. The molecule has 1 aromatic rings. The van der Waals surface area contributed by atoms with E-state index in [2.05, 4.69) is 9.97 Å². The predicted molar refractivity (Wildman–Crippen MR) is 64.1 cm³/mol. The van der Waals surface area contributed by atoms with Gasteiger partial charge in [0.25, 0.3) is 0 Å². The molecule has 0 amide bonds. The Morgan fingerprint density at radius 3 is 2.81 bits per heavy atom. The first-order valence-electron chi connectivity index (χ1n) is 5.14. The van der Waals surface area contributed by atoms with Crippen molar-refractivity contribution in [2.24, 2.45) is 0 Å². The Labute approximate surface area is 104 Å². The highest BCUT2D eigenvalue weighted by atomic mass is 35.5. The lowest BCUT2D eigenvalue weighted by Gasteiger charge is -2.37. The molecule has 1 aromatic heterocycles. The molecule has 1 aliphatic heterocycles. The van der Waals surface area contributed by atoms with Crippen LogP contribution >= 0.6 is 23.2 Å². The minimum atomic E-state index is -0.678. The molecular formula is C10H13Cl2N3O. The molecule has 0 aliphatic carbocycles. The van der Waals surface area contributed by atoms with E-state index in [1.165, 1.54) is 0 Å². The van der Waals surface area contributed by atoms with Crippen LogP contribution in [-0.2, 0) is 0 Å². The van der Waals surface area contributed by atoms with Crippen molar-refractivity contribution in [2.75, 3.05) is 18.0 Å². The van der Waals surface area contributed by atoms with E-state index < -0.39 is 5.60 Å². The van der Waals surface area contributed by atoms with Crippen LogP contribution < -0.4 is 4.90 Å². The molecule has 1 fully saturated rings. The van der Waals surface area contributed by atoms with E-state index in [-0.39, 0.29) is 5.28 Å². The summed E-state index contributed by atoms with van der Waals surface area (Å²) >= 11 is 11.6. The molecule has 2 rings (SSSR count). The first-order valence-corrected chi connectivity index (χ1v) is 5.89. The van der Waals surface area contributed by atoms with Crippen molar-refractivity contribution in [3.8, 4) is 0 Å². The molecule has 1 saturated heterocycles. The molecular weight excluding hydrogens is 249 g/mol. The van der Waals surface area contributed by atoms with Crippen molar-refractivity contribution in [3.05, 3.63) is 16.5 Å². The Kier molecular flexibility index (Phi) is 3.24. The number of halogens is 2. The first-order chi connectivity index (χ1) is 7.46. The van der Waals surface area contributed by atoms with E-state index in [1.54, 1.807) is 6.07 Å². The first kappa shape index (κ1) is 11.9. The standard InChI is InChI=1S/C10H13Cl2N3O/c1-10(16)3-2-4-15(6-10)8-5-7(11)13-9(12)14-8/h5,16H,2-4,6H2,1H3/t10-/m1/s1. The Bertz CT molecular complexity index is 377. The van der Waals surface area contributed by atoms with Gasteiger partial charge in [0.05, 0.1) is 5.60 Å². The Morgan fingerprint density at radius 2 is 2.19 bits per heavy atom. The SMILES string of the molecule is C[C@@]1(O)CCCN(c2cc(Cl)nc(Cl)n2)C1. The van der Waals surface area contributed by atoms with Gasteiger partial charge in [-0.15, -0.1) is 0 Å². The van der Waals surface area contributed by atoms with Gasteiger partial charge in [-0.3, -0.25) is 0 Å². The molecule has 6 heteroatoms. The van der Waals surface area contributed by atoms with Crippen molar-refractivity contribution >= 4 is 29.0 Å². The molecule has 1 atom stereocenters. The second kappa shape index (κ2) is 4.35. The maximum absolute atomic E-state index is 9.99. The summed E-state index contributed by atoms with van der Waals surface area (Å²) in [6.07, 6.45) is 1.72. The van der Waals surface area contributed by atoms with Gasteiger partial charge in [0, 0.05) is 19.2 Å². The maximum Gasteiger partial charge on any atom is 0.225 e. The average molecular weight is 262 g/mol. The largest absolute Gasteiger partial charge is 0.388 e. The van der Waals surface area contributed by atoms with Crippen LogP contribution in [0.15, 0.2) is 6.07 Å². The lowest BCUT2D eigenvalue weighted by molar-refractivity contribution is 0.0447. The van der Waals surface area contributed by atoms with E-state index in [9.17, 15) is 5.11 Å². The summed E-state index contributed by atoms with van der Waals surface area (Å²) in [5, 5.41) is 10.4. The fourth-order valence-corrected chi connectivity index (χ4v) is 2.35. The summed E-state index contributed by atoms with van der Waals surface area (Å²) in [5.74, 6) is 0.671. The van der Waals surface area contributed by atoms with Gasteiger partial charge in [0.1, 0.15) is 11.0 Å². The van der Waals surface area contributed by atoms with Crippen LogP contribution in [0.2, 0.25) is 10.4 Å². The minimum absolute atomic E-state index is 0.132. The zero-order valence-electron chi connectivity index (χ0n) is 8.95. The molecule has 0 saturated carbocycles. The molecule has 1 aliphatic rings. The third-order valence-corrected chi connectivity index (χ3v) is 3.02. The molecule has 0 unspecified atom stereocenters. The van der Waals surface area contributed by atoms with Crippen LogP contribution in [-0.4, -0.2) is 33.8 Å². The van der Waals surface area contributed by atoms with Crippen LogP contribution in [0.1, 0.15) is 19.8 Å². The summed E-state index contributed by atoms with van der Waals surface area (Å²) < 4.78 is 0. The quantitative estimate of drug-likeness (QED) is 0.622. The van der Waals surface area contributed by atoms with E-state index in [0.717, 1.165) is 19.4 Å². The van der Waals surface area contributed by atoms with Gasteiger partial charge in [-0.25, -0.2) is 9.97 Å². The molecule has 1 N–H and O–H groups in total. The monoisotopic (exact) mass is 261 g/mol. The summed E-state index contributed by atoms with van der Waals surface area (Å²) in [6.45, 7) is 3.21. The zero-order chi connectivity index (χ0) is 11.8. The van der Waals surface area contributed by atoms with Crippen LogP contribution in [0.25, 0.3) is 0 Å². The van der Waals surface area contributed by atoms with Crippen molar-refractivity contribution in [1.82, 2.24) is 9.97 Å². The second-order valence-electron chi connectivity index (χ2n) is 4.34. The van der Waals surface area contributed by atoms with Crippen LogP contribution in [0.3, 0.4) is 0 Å². The number of aromatic nitrogens is 2. The Morgan fingerprint density at radius 1 is 1.44 bits per heavy atom. The third kappa shape index (κ3) is 2.75. The molecule has 2 heterocycles. The Balaban J connectivity index is 2.23. The number of aliphatic hydroxyl groups is 1. The highest BCUT2D eigenvalue weighted by molar-refractivity contribution is 6.32. The number of piperidine rings is 1. The van der Waals surface area contributed by atoms with E-state index in [0.29, 0.717) is 17.5 Å². The van der Waals surface area contributed by atoms with E-state index in [4.69, 9.17) is 23.2 Å². The molecule has 88 valence electrons. The number of rotatable bonds is 1. The number of hydrogen-bond donors (Lipinski definition) is 1. The van der Waals surface area contributed by atoms with Crippen molar-refractivity contribution < 1.29 is 5.11 Å². The fourth-order valence-electron chi connectivity index (χ4n) is 1.96. The summed E-state index contributed by atoms with van der Waals surface area (Å²) in [6, 6.07) is 1.66. The summed E-state index contributed by atoms with van der Waals surface area (Å²) in [4.78, 5) is 9.88. The van der Waals surface area contributed by atoms with Gasteiger partial charge in [-0.1, -0.05) is 11.6 Å². The van der Waals surface area contributed by atoms with Gasteiger partial charge in [-0.05, 0) is 31.4 Å².